The molecule has 7 heteroatoms. The van der Waals surface area contributed by atoms with Crippen LogP contribution < -0.4 is 10.6 Å². The van der Waals surface area contributed by atoms with Crippen molar-refractivity contribution in [1.29, 1.82) is 0 Å². The average Bonchev–Trinajstić information content (AvgIpc) is 2.61. The van der Waals surface area contributed by atoms with Gasteiger partial charge in [0.1, 0.15) is 0 Å². The minimum atomic E-state index is -0.404. The predicted molar refractivity (Wildman–Crippen MR) is 109 cm³/mol. The van der Waals surface area contributed by atoms with Gasteiger partial charge in [0.05, 0.1) is 6.54 Å². The van der Waals surface area contributed by atoms with E-state index in [0.717, 1.165) is 15.7 Å². The van der Waals surface area contributed by atoms with Gasteiger partial charge in [-0.3, -0.25) is 14.4 Å². The van der Waals surface area contributed by atoms with Gasteiger partial charge in [-0.05, 0) is 43.5 Å². The van der Waals surface area contributed by atoms with Crippen LogP contribution in [0.5, 0.6) is 0 Å². The Labute approximate surface area is 169 Å². The second-order valence-electron chi connectivity index (χ2n) is 8.04. The summed E-state index contributed by atoms with van der Waals surface area (Å²) >= 11 is 3.39. The fourth-order valence-corrected chi connectivity index (χ4v) is 3.57. The van der Waals surface area contributed by atoms with Crippen molar-refractivity contribution in [2.24, 2.45) is 11.3 Å². The third kappa shape index (κ3) is 6.06. The molecule has 0 aliphatic carbocycles. The predicted octanol–water partition coefficient (Wildman–Crippen LogP) is 3.10. The molecule has 2 rings (SSSR count). The number of hydrogen-bond acceptors (Lipinski definition) is 3. The summed E-state index contributed by atoms with van der Waals surface area (Å²) < 4.78 is 0.947. The van der Waals surface area contributed by atoms with E-state index in [0.29, 0.717) is 25.9 Å². The molecule has 1 aliphatic heterocycles. The summed E-state index contributed by atoms with van der Waals surface area (Å²) in [5, 5.41) is 5.52. The van der Waals surface area contributed by atoms with Gasteiger partial charge in [0.25, 0.3) is 0 Å². The Morgan fingerprint density at radius 2 is 1.81 bits per heavy atom. The average molecular weight is 438 g/mol. The number of likely N-dealkylation sites (tertiary alicyclic amines) is 1. The van der Waals surface area contributed by atoms with E-state index in [1.807, 2.05) is 50.8 Å². The molecule has 0 atom stereocenters. The van der Waals surface area contributed by atoms with Crippen LogP contribution in [0.15, 0.2) is 22.7 Å². The molecule has 148 valence electrons. The Balaban J connectivity index is 1.78. The summed E-state index contributed by atoms with van der Waals surface area (Å²) in [7, 11) is 0. The first-order valence-electron chi connectivity index (χ1n) is 9.21. The fourth-order valence-electron chi connectivity index (χ4n) is 3.09. The number of rotatable bonds is 4. The topological polar surface area (TPSA) is 78.5 Å². The van der Waals surface area contributed by atoms with Gasteiger partial charge in [-0.15, -0.1) is 0 Å². The lowest BCUT2D eigenvalue weighted by Gasteiger charge is -2.35. The van der Waals surface area contributed by atoms with Gasteiger partial charge in [0, 0.05) is 34.6 Å². The zero-order chi connectivity index (χ0) is 20.2. The zero-order valence-corrected chi connectivity index (χ0v) is 18.0. The number of amides is 3. The molecule has 1 aromatic carbocycles. The molecule has 1 heterocycles. The fraction of sp³-hybridized carbons (Fsp3) is 0.550. The van der Waals surface area contributed by atoms with E-state index < -0.39 is 5.41 Å². The number of benzene rings is 1. The molecule has 0 aromatic heterocycles. The van der Waals surface area contributed by atoms with Gasteiger partial charge in [-0.2, -0.15) is 0 Å². The quantitative estimate of drug-likeness (QED) is 0.759. The molecule has 2 N–H and O–H groups in total. The van der Waals surface area contributed by atoms with Gasteiger partial charge in [0.2, 0.25) is 17.7 Å². The van der Waals surface area contributed by atoms with Crippen LogP contribution in [0.3, 0.4) is 0 Å². The summed E-state index contributed by atoms with van der Waals surface area (Å²) in [6.07, 6.45) is 1.25. The smallest absolute Gasteiger partial charge is 0.243 e. The van der Waals surface area contributed by atoms with Gasteiger partial charge in [0.15, 0.2) is 0 Å². The maximum Gasteiger partial charge on any atom is 0.243 e. The number of halogens is 1. The number of anilines is 1. The second-order valence-corrected chi connectivity index (χ2v) is 8.96. The summed E-state index contributed by atoms with van der Waals surface area (Å²) in [5.74, 6) is -0.420. The normalized spacial score (nSPS) is 15.4. The van der Waals surface area contributed by atoms with Crippen LogP contribution in [0.2, 0.25) is 0 Å². The number of hydrogen-bond donors (Lipinski definition) is 2. The van der Waals surface area contributed by atoms with Crippen molar-refractivity contribution in [2.75, 3.05) is 25.0 Å². The zero-order valence-electron chi connectivity index (χ0n) is 16.4. The van der Waals surface area contributed by atoms with Crippen LogP contribution in [0.4, 0.5) is 5.69 Å². The molecular formula is C20H28BrN3O3. The number of aryl methyl sites for hydroxylation is 1. The van der Waals surface area contributed by atoms with E-state index in [2.05, 4.69) is 26.6 Å². The van der Waals surface area contributed by atoms with Crippen molar-refractivity contribution in [3.63, 3.8) is 0 Å². The lowest BCUT2D eigenvalue weighted by molar-refractivity contribution is -0.142. The molecule has 1 aromatic rings. The molecule has 0 unspecified atom stereocenters. The number of nitrogens with one attached hydrogen (secondary N) is 2. The van der Waals surface area contributed by atoms with Gasteiger partial charge < -0.3 is 15.5 Å². The maximum atomic E-state index is 12.3. The third-order valence-corrected chi connectivity index (χ3v) is 5.17. The summed E-state index contributed by atoms with van der Waals surface area (Å²) in [5.41, 5.74) is 1.27. The third-order valence-electron chi connectivity index (χ3n) is 4.68. The van der Waals surface area contributed by atoms with E-state index in [4.69, 9.17) is 0 Å². The Morgan fingerprint density at radius 3 is 2.37 bits per heavy atom. The van der Waals surface area contributed by atoms with Crippen LogP contribution in [0.25, 0.3) is 0 Å². The SMILES string of the molecule is Cc1cc(Br)ccc1NC(=O)CNC(=O)C1CCN(C(=O)C(C)(C)C)CC1. The summed E-state index contributed by atoms with van der Waals surface area (Å²) in [6, 6.07) is 5.59. The van der Waals surface area contributed by atoms with Crippen molar-refractivity contribution in [1.82, 2.24) is 10.2 Å². The van der Waals surface area contributed by atoms with Crippen molar-refractivity contribution in [3.8, 4) is 0 Å². The lowest BCUT2D eigenvalue weighted by Crippen LogP contribution is -2.47. The molecule has 1 aliphatic rings. The highest BCUT2D eigenvalue weighted by Crippen LogP contribution is 2.24. The molecule has 0 saturated carbocycles. The first kappa shape index (κ1) is 21.4. The van der Waals surface area contributed by atoms with Crippen LogP contribution in [-0.2, 0) is 14.4 Å². The maximum absolute atomic E-state index is 12.3. The molecule has 3 amide bonds. The van der Waals surface area contributed by atoms with E-state index in [9.17, 15) is 14.4 Å². The molecule has 27 heavy (non-hydrogen) atoms. The number of carbonyl (C=O) groups excluding carboxylic acids is 3. The lowest BCUT2D eigenvalue weighted by atomic mass is 9.90. The van der Waals surface area contributed by atoms with Crippen molar-refractivity contribution < 1.29 is 14.4 Å². The first-order chi connectivity index (χ1) is 12.6. The first-order valence-corrected chi connectivity index (χ1v) is 10.0. The minimum Gasteiger partial charge on any atom is -0.347 e. The van der Waals surface area contributed by atoms with Crippen LogP contribution in [-0.4, -0.2) is 42.3 Å². The number of nitrogens with zero attached hydrogens (tertiary/aromatic N) is 1. The van der Waals surface area contributed by atoms with Gasteiger partial charge in [-0.25, -0.2) is 0 Å². The van der Waals surface area contributed by atoms with Crippen molar-refractivity contribution in [2.45, 2.75) is 40.5 Å². The molecule has 1 saturated heterocycles. The Bertz CT molecular complexity index is 720. The minimum absolute atomic E-state index is 0.0600. The van der Waals surface area contributed by atoms with E-state index in [1.165, 1.54) is 0 Å². The van der Waals surface area contributed by atoms with Gasteiger partial charge >= 0.3 is 0 Å². The largest absolute Gasteiger partial charge is 0.347 e. The number of carbonyl (C=O) groups is 3. The molecule has 1 fully saturated rings. The Kier molecular flexibility index (Phi) is 7.03. The molecule has 0 radical (unpaired) electrons. The van der Waals surface area contributed by atoms with E-state index in [1.54, 1.807) is 0 Å². The van der Waals surface area contributed by atoms with Crippen molar-refractivity contribution >= 4 is 39.3 Å². The highest BCUT2D eigenvalue weighted by Gasteiger charge is 2.32. The summed E-state index contributed by atoms with van der Waals surface area (Å²) in [4.78, 5) is 38.6. The highest BCUT2D eigenvalue weighted by atomic mass is 79.9. The van der Waals surface area contributed by atoms with E-state index in [-0.39, 0.29) is 30.2 Å². The molecular weight excluding hydrogens is 410 g/mol. The number of piperidine rings is 1. The monoisotopic (exact) mass is 437 g/mol. The highest BCUT2D eigenvalue weighted by molar-refractivity contribution is 9.10. The molecule has 6 nitrogen and oxygen atoms in total. The van der Waals surface area contributed by atoms with Crippen LogP contribution >= 0.6 is 15.9 Å². The van der Waals surface area contributed by atoms with Crippen LogP contribution in [0, 0.1) is 18.3 Å². The second kappa shape index (κ2) is 8.87. The standard InChI is InChI=1S/C20H28BrN3O3/c1-13-11-15(21)5-6-16(13)23-17(25)12-22-18(26)14-7-9-24(10-8-14)19(27)20(2,3)4/h5-6,11,14H,7-10,12H2,1-4H3,(H,22,26)(H,23,25). The van der Waals surface area contributed by atoms with Gasteiger partial charge in [-0.1, -0.05) is 36.7 Å². The van der Waals surface area contributed by atoms with Crippen molar-refractivity contribution in [3.05, 3.63) is 28.2 Å². The summed E-state index contributed by atoms with van der Waals surface area (Å²) in [6.45, 7) is 8.72. The van der Waals surface area contributed by atoms with Crippen LogP contribution in [0.1, 0.15) is 39.2 Å². The Hall–Kier alpha value is -1.89. The Morgan fingerprint density at radius 1 is 1.19 bits per heavy atom. The molecule has 0 spiro atoms. The molecule has 0 bridgehead atoms. The van der Waals surface area contributed by atoms with E-state index >= 15 is 0 Å².